The predicted molar refractivity (Wildman–Crippen MR) is 127 cm³/mol. The number of anilines is 1. The van der Waals surface area contributed by atoms with Crippen LogP contribution in [0.15, 0.2) is 48.8 Å². The molecule has 0 radical (unpaired) electrons. The van der Waals surface area contributed by atoms with E-state index in [-0.39, 0.29) is 6.04 Å². The molecule has 1 saturated heterocycles. The summed E-state index contributed by atoms with van der Waals surface area (Å²) in [5.41, 5.74) is 10.2. The Morgan fingerprint density at radius 3 is 2.84 bits per heavy atom. The highest BCUT2D eigenvalue weighted by Crippen LogP contribution is 2.25. The van der Waals surface area contributed by atoms with Crippen LogP contribution in [0.5, 0.6) is 0 Å². The minimum atomic E-state index is -0.154. The summed E-state index contributed by atoms with van der Waals surface area (Å²) < 4.78 is 2.20. The molecule has 164 valence electrons. The van der Waals surface area contributed by atoms with E-state index >= 15 is 0 Å². The zero-order valence-corrected chi connectivity index (χ0v) is 18.7. The van der Waals surface area contributed by atoms with Crippen molar-refractivity contribution in [1.82, 2.24) is 24.3 Å². The maximum Gasteiger partial charge on any atom is 0.138 e. The highest BCUT2D eigenvalue weighted by molar-refractivity contribution is 6.31. The minimum absolute atomic E-state index is 0.154. The molecule has 2 N–H and O–H groups in total. The van der Waals surface area contributed by atoms with Gasteiger partial charge in [0.15, 0.2) is 0 Å². The number of hydrogen-bond acceptors (Lipinski definition) is 6. The molecule has 0 spiro atoms. The molecule has 2 aromatic heterocycles. The van der Waals surface area contributed by atoms with E-state index in [4.69, 9.17) is 17.3 Å². The molecular weight excluding hydrogens is 424 g/mol. The number of fused-ring (bicyclic) bond motifs is 2. The van der Waals surface area contributed by atoms with E-state index in [1.165, 1.54) is 12.0 Å². The number of aromatic nitrogens is 3. The Hall–Kier alpha value is -3.00. The van der Waals surface area contributed by atoms with Gasteiger partial charge in [-0.15, -0.1) is 0 Å². The van der Waals surface area contributed by atoms with Crippen LogP contribution in [0.25, 0.3) is 21.8 Å². The third-order valence-corrected chi connectivity index (χ3v) is 6.62. The van der Waals surface area contributed by atoms with Crippen molar-refractivity contribution in [1.29, 1.82) is 0 Å². The first-order valence-electron chi connectivity index (χ1n) is 10.7. The molecule has 0 saturated carbocycles. The van der Waals surface area contributed by atoms with E-state index < -0.39 is 0 Å². The monoisotopic (exact) mass is 448 g/mol. The normalized spacial score (nSPS) is 17.9. The number of halogens is 1. The smallest absolute Gasteiger partial charge is 0.138 e. The third-order valence-electron chi connectivity index (χ3n) is 6.38. The van der Waals surface area contributed by atoms with Gasteiger partial charge in [-0.25, -0.2) is 9.97 Å². The van der Waals surface area contributed by atoms with Gasteiger partial charge in [-0.1, -0.05) is 17.7 Å². The highest BCUT2D eigenvalue weighted by Gasteiger charge is 2.27. The Balaban J connectivity index is 1.29. The lowest BCUT2D eigenvalue weighted by Gasteiger charge is -2.39. The van der Waals surface area contributed by atoms with E-state index in [1.54, 1.807) is 0 Å². The number of aryl methyl sites for hydroxylation is 1. The molecule has 0 bridgehead atoms. The number of rotatable bonds is 5. The standard InChI is InChI=1S/C24H25ClN6O/c1-29-19(10-17-9-18(25)3-5-23(17)29)12-30-6-7-31(20(13-30)14-32)11-16-2-4-21-22(8-16)27-15-28-24(21)26/h2-5,8-10,14-15,20H,6-7,11-13H2,1H3,(H2,26,27,28). The number of carbonyl (C=O) groups is 1. The van der Waals surface area contributed by atoms with Crippen LogP contribution in [0.4, 0.5) is 5.82 Å². The molecule has 2 aromatic carbocycles. The topological polar surface area (TPSA) is 80.3 Å². The van der Waals surface area contributed by atoms with Crippen LogP contribution < -0.4 is 5.73 Å². The van der Waals surface area contributed by atoms with Crippen molar-refractivity contribution in [2.24, 2.45) is 7.05 Å². The molecule has 1 aliphatic heterocycles. The Kier molecular flexibility index (Phi) is 5.55. The van der Waals surface area contributed by atoms with Crippen LogP contribution in [-0.4, -0.2) is 56.3 Å². The van der Waals surface area contributed by atoms with Crippen LogP contribution in [0.2, 0.25) is 5.02 Å². The number of hydrogen-bond donors (Lipinski definition) is 1. The van der Waals surface area contributed by atoms with Crippen molar-refractivity contribution in [3.63, 3.8) is 0 Å². The number of aldehydes is 1. The van der Waals surface area contributed by atoms with Crippen molar-refractivity contribution in [2.75, 3.05) is 25.4 Å². The molecule has 32 heavy (non-hydrogen) atoms. The van der Waals surface area contributed by atoms with E-state index in [9.17, 15) is 4.79 Å². The Bertz CT molecular complexity index is 1300. The molecule has 8 heteroatoms. The summed E-state index contributed by atoms with van der Waals surface area (Å²) in [6.07, 6.45) is 2.55. The van der Waals surface area contributed by atoms with Crippen LogP contribution in [0.1, 0.15) is 11.3 Å². The minimum Gasteiger partial charge on any atom is -0.383 e. The number of piperazine rings is 1. The number of nitrogens with zero attached hydrogens (tertiary/aromatic N) is 5. The second-order valence-corrected chi connectivity index (χ2v) is 8.85. The largest absolute Gasteiger partial charge is 0.383 e. The van der Waals surface area contributed by atoms with E-state index in [0.29, 0.717) is 18.9 Å². The Morgan fingerprint density at radius 2 is 2.00 bits per heavy atom. The molecule has 1 atom stereocenters. The Morgan fingerprint density at radius 1 is 1.12 bits per heavy atom. The number of carbonyl (C=O) groups excluding carboxylic acids is 1. The van der Waals surface area contributed by atoms with Crippen molar-refractivity contribution >= 4 is 45.5 Å². The molecule has 7 nitrogen and oxygen atoms in total. The molecule has 3 heterocycles. The molecule has 0 amide bonds. The van der Waals surface area contributed by atoms with Crippen molar-refractivity contribution in [3.05, 3.63) is 65.1 Å². The third kappa shape index (κ3) is 3.95. The van der Waals surface area contributed by atoms with Gasteiger partial charge in [0.25, 0.3) is 0 Å². The number of nitrogens with two attached hydrogens (primary N) is 1. The first kappa shape index (κ1) is 20.9. The quantitative estimate of drug-likeness (QED) is 0.472. The van der Waals surface area contributed by atoms with Crippen molar-refractivity contribution in [2.45, 2.75) is 19.1 Å². The van der Waals surface area contributed by atoms with E-state index in [0.717, 1.165) is 58.3 Å². The maximum absolute atomic E-state index is 11.9. The summed E-state index contributed by atoms with van der Waals surface area (Å²) in [6, 6.07) is 14.0. The zero-order chi connectivity index (χ0) is 22.2. The first-order valence-corrected chi connectivity index (χ1v) is 11.0. The van der Waals surface area contributed by atoms with Crippen LogP contribution >= 0.6 is 11.6 Å². The van der Waals surface area contributed by atoms with Crippen molar-refractivity contribution in [3.8, 4) is 0 Å². The summed E-state index contributed by atoms with van der Waals surface area (Å²) >= 11 is 6.16. The van der Waals surface area contributed by atoms with Crippen molar-refractivity contribution < 1.29 is 4.79 Å². The molecule has 1 aliphatic rings. The fourth-order valence-corrected chi connectivity index (χ4v) is 4.77. The first-order chi connectivity index (χ1) is 15.5. The molecule has 4 aromatic rings. The van der Waals surface area contributed by atoms with Gasteiger partial charge in [0.05, 0.1) is 11.6 Å². The molecule has 5 rings (SSSR count). The zero-order valence-electron chi connectivity index (χ0n) is 17.9. The summed E-state index contributed by atoms with van der Waals surface area (Å²) in [7, 11) is 2.08. The second-order valence-electron chi connectivity index (χ2n) is 8.42. The van der Waals surface area contributed by atoms with Gasteiger partial charge in [0, 0.05) is 66.8 Å². The molecule has 0 aliphatic carbocycles. The summed E-state index contributed by atoms with van der Waals surface area (Å²) in [5, 5.41) is 2.73. The summed E-state index contributed by atoms with van der Waals surface area (Å²) in [6.45, 7) is 3.92. The van der Waals surface area contributed by atoms with Gasteiger partial charge in [-0.2, -0.15) is 0 Å². The summed E-state index contributed by atoms with van der Waals surface area (Å²) in [4.78, 5) is 24.9. The summed E-state index contributed by atoms with van der Waals surface area (Å²) in [5.74, 6) is 0.483. The fourth-order valence-electron chi connectivity index (χ4n) is 4.59. The SMILES string of the molecule is Cn1c(CN2CCN(Cc3ccc4c(N)ncnc4c3)C(C=O)C2)cc2cc(Cl)ccc21. The second kappa shape index (κ2) is 8.50. The Labute approximate surface area is 191 Å². The molecule has 1 fully saturated rings. The number of benzene rings is 2. The molecular formula is C24H25ClN6O. The number of nitrogen functional groups attached to an aromatic ring is 1. The van der Waals surface area contributed by atoms with Gasteiger partial charge < -0.3 is 15.1 Å². The average molecular weight is 449 g/mol. The lowest BCUT2D eigenvalue weighted by atomic mass is 10.1. The van der Waals surface area contributed by atoms with Crippen LogP contribution in [-0.2, 0) is 24.9 Å². The lowest BCUT2D eigenvalue weighted by molar-refractivity contribution is -0.115. The van der Waals surface area contributed by atoms with E-state index in [1.807, 2.05) is 30.3 Å². The predicted octanol–water partition coefficient (Wildman–Crippen LogP) is 3.24. The van der Waals surface area contributed by atoms with Gasteiger partial charge in [0.1, 0.15) is 18.4 Å². The average Bonchev–Trinajstić information content (AvgIpc) is 3.09. The fraction of sp³-hybridized carbons (Fsp3) is 0.292. The van der Waals surface area contributed by atoms with E-state index in [2.05, 4.69) is 43.5 Å². The lowest BCUT2D eigenvalue weighted by Crippen LogP contribution is -2.53. The van der Waals surface area contributed by atoms with Gasteiger partial charge in [0.2, 0.25) is 0 Å². The van der Waals surface area contributed by atoms with Gasteiger partial charge in [-0.05, 0) is 42.0 Å². The maximum atomic E-state index is 11.9. The van der Waals surface area contributed by atoms with Gasteiger partial charge in [-0.3, -0.25) is 9.80 Å². The van der Waals surface area contributed by atoms with Crippen LogP contribution in [0.3, 0.4) is 0 Å². The van der Waals surface area contributed by atoms with Gasteiger partial charge >= 0.3 is 0 Å². The highest BCUT2D eigenvalue weighted by atomic mass is 35.5. The van der Waals surface area contributed by atoms with Crippen LogP contribution in [0, 0.1) is 0 Å². The molecule has 1 unspecified atom stereocenters.